The summed E-state index contributed by atoms with van der Waals surface area (Å²) >= 11 is 0. The molecule has 1 aromatic carbocycles. The van der Waals surface area contributed by atoms with Gasteiger partial charge in [-0.3, -0.25) is 4.79 Å². The summed E-state index contributed by atoms with van der Waals surface area (Å²) in [6.45, 7) is 1.80. The average molecular weight is 257 g/mol. The van der Waals surface area contributed by atoms with Crippen molar-refractivity contribution < 1.29 is 18.7 Å². The summed E-state index contributed by atoms with van der Waals surface area (Å²) in [6, 6.07) is 3.96. The van der Waals surface area contributed by atoms with Gasteiger partial charge < -0.3 is 10.8 Å². The molecule has 0 aromatic heterocycles. The first kappa shape index (κ1) is 14.6. The highest BCUT2D eigenvalue weighted by Gasteiger charge is 2.24. The van der Waals surface area contributed by atoms with E-state index in [0.29, 0.717) is 6.42 Å². The van der Waals surface area contributed by atoms with Gasteiger partial charge >= 0.3 is 5.97 Å². The number of carbonyl (C=O) groups is 1. The number of aliphatic carboxylic acids is 1. The molecule has 5 heteroatoms. The molecule has 2 unspecified atom stereocenters. The minimum absolute atomic E-state index is 0.0111. The molecule has 100 valence electrons. The van der Waals surface area contributed by atoms with E-state index in [9.17, 15) is 13.6 Å². The highest BCUT2D eigenvalue weighted by Crippen LogP contribution is 2.29. The summed E-state index contributed by atoms with van der Waals surface area (Å²) in [4.78, 5) is 10.9. The number of carboxylic acids is 1. The molecule has 1 rings (SSSR count). The Kier molecular flexibility index (Phi) is 5.22. The Labute approximate surface area is 105 Å². The molecule has 2 atom stereocenters. The molecule has 0 amide bonds. The van der Waals surface area contributed by atoms with Gasteiger partial charge in [-0.15, -0.1) is 0 Å². The van der Waals surface area contributed by atoms with Crippen LogP contribution in [-0.2, 0) is 4.79 Å². The third kappa shape index (κ3) is 3.26. The molecule has 0 spiro atoms. The molecule has 0 aliphatic carbocycles. The molecule has 1 aromatic rings. The van der Waals surface area contributed by atoms with E-state index in [1.165, 1.54) is 12.1 Å². The highest BCUT2D eigenvalue weighted by molar-refractivity contribution is 5.70. The summed E-state index contributed by atoms with van der Waals surface area (Å²) in [6.07, 6.45) is 0.743. The first-order valence-corrected chi connectivity index (χ1v) is 5.88. The van der Waals surface area contributed by atoms with Crippen molar-refractivity contribution in [2.75, 3.05) is 6.54 Å². The summed E-state index contributed by atoms with van der Waals surface area (Å²) in [5.74, 6) is -3.90. The largest absolute Gasteiger partial charge is 0.481 e. The van der Waals surface area contributed by atoms with Gasteiger partial charge in [0, 0.05) is 6.54 Å². The average Bonchev–Trinajstić information content (AvgIpc) is 2.34. The van der Waals surface area contributed by atoms with Crippen LogP contribution in [0.4, 0.5) is 8.78 Å². The molecule has 18 heavy (non-hydrogen) atoms. The fraction of sp³-hybridized carbons (Fsp3) is 0.462. The van der Waals surface area contributed by atoms with Crippen LogP contribution in [0.3, 0.4) is 0 Å². The van der Waals surface area contributed by atoms with E-state index in [4.69, 9.17) is 10.8 Å². The Morgan fingerprint density at radius 1 is 1.44 bits per heavy atom. The fourth-order valence-electron chi connectivity index (χ4n) is 1.99. The number of benzene rings is 1. The number of rotatable bonds is 6. The third-order valence-electron chi connectivity index (χ3n) is 3.12. The maximum absolute atomic E-state index is 13.6. The predicted molar refractivity (Wildman–Crippen MR) is 64.2 cm³/mol. The van der Waals surface area contributed by atoms with E-state index in [2.05, 4.69) is 0 Å². The Balaban J connectivity index is 2.96. The van der Waals surface area contributed by atoms with Gasteiger partial charge in [0.1, 0.15) is 0 Å². The number of halogens is 2. The minimum Gasteiger partial charge on any atom is -0.481 e. The van der Waals surface area contributed by atoms with Crippen molar-refractivity contribution in [1.82, 2.24) is 0 Å². The molecule has 0 radical (unpaired) electrons. The Hall–Kier alpha value is -1.49. The van der Waals surface area contributed by atoms with Crippen LogP contribution in [-0.4, -0.2) is 17.6 Å². The molecule has 0 heterocycles. The molecular formula is C13H17F2NO2. The third-order valence-corrected chi connectivity index (χ3v) is 3.12. The number of nitrogens with two attached hydrogens (primary N) is 1. The molecule has 0 aliphatic rings. The van der Waals surface area contributed by atoms with E-state index in [1.54, 1.807) is 0 Å². The van der Waals surface area contributed by atoms with Gasteiger partial charge in [-0.2, -0.15) is 0 Å². The zero-order chi connectivity index (χ0) is 13.7. The second-order valence-electron chi connectivity index (χ2n) is 4.25. The van der Waals surface area contributed by atoms with Gasteiger partial charge in [-0.1, -0.05) is 19.1 Å². The van der Waals surface area contributed by atoms with Crippen molar-refractivity contribution in [1.29, 1.82) is 0 Å². The summed E-state index contributed by atoms with van der Waals surface area (Å²) in [5, 5.41) is 8.94. The van der Waals surface area contributed by atoms with E-state index < -0.39 is 23.5 Å². The first-order valence-electron chi connectivity index (χ1n) is 5.88. The van der Waals surface area contributed by atoms with Crippen LogP contribution in [0, 0.1) is 17.6 Å². The Morgan fingerprint density at radius 2 is 2.11 bits per heavy atom. The molecule has 3 nitrogen and oxygen atoms in total. The van der Waals surface area contributed by atoms with Crippen LogP contribution in [0.15, 0.2) is 18.2 Å². The van der Waals surface area contributed by atoms with Gasteiger partial charge in [-0.05, 0) is 30.4 Å². The summed E-state index contributed by atoms with van der Waals surface area (Å²) < 4.78 is 26.8. The molecule has 0 aliphatic heterocycles. The second kappa shape index (κ2) is 6.44. The predicted octanol–water partition coefficient (Wildman–Crippen LogP) is 2.51. The van der Waals surface area contributed by atoms with E-state index in [1.807, 2.05) is 6.92 Å². The zero-order valence-corrected chi connectivity index (χ0v) is 10.2. The van der Waals surface area contributed by atoms with Crippen molar-refractivity contribution in [2.45, 2.75) is 25.7 Å². The lowest BCUT2D eigenvalue weighted by molar-refractivity contribution is -0.141. The quantitative estimate of drug-likeness (QED) is 0.823. The summed E-state index contributed by atoms with van der Waals surface area (Å²) in [7, 11) is 0. The topological polar surface area (TPSA) is 63.3 Å². The smallest absolute Gasteiger partial charge is 0.307 e. The number of hydrogen-bond donors (Lipinski definition) is 2. The normalized spacial score (nSPS) is 14.2. The lowest BCUT2D eigenvalue weighted by Gasteiger charge is -2.19. The van der Waals surface area contributed by atoms with Crippen LogP contribution in [0.2, 0.25) is 0 Å². The molecular weight excluding hydrogens is 240 g/mol. The lowest BCUT2D eigenvalue weighted by Crippen LogP contribution is -2.25. The van der Waals surface area contributed by atoms with Crippen LogP contribution in [0.25, 0.3) is 0 Å². The molecule has 0 fully saturated rings. The van der Waals surface area contributed by atoms with Crippen molar-refractivity contribution in [3.63, 3.8) is 0 Å². The first-order chi connectivity index (χ1) is 8.51. The van der Waals surface area contributed by atoms with Gasteiger partial charge in [0.2, 0.25) is 0 Å². The van der Waals surface area contributed by atoms with Gasteiger partial charge in [0.25, 0.3) is 0 Å². The Morgan fingerprint density at radius 3 is 2.61 bits per heavy atom. The van der Waals surface area contributed by atoms with Gasteiger partial charge in [0.05, 0.1) is 5.92 Å². The molecule has 3 N–H and O–H groups in total. The van der Waals surface area contributed by atoms with Gasteiger partial charge in [0.15, 0.2) is 11.6 Å². The zero-order valence-electron chi connectivity index (χ0n) is 10.2. The van der Waals surface area contributed by atoms with Crippen LogP contribution >= 0.6 is 0 Å². The Bertz CT molecular complexity index is 423. The van der Waals surface area contributed by atoms with E-state index in [-0.39, 0.29) is 24.4 Å². The minimum atomic E-state index is -1.01. The van der Waals surface area contributed by atoms with Crippen molar-refractivity contribution in [3.8, 4) is 0 Å². The number of carboxylic acid groups (broad SMARTS) is 1. The van der Waals surface area contributed by atoms with Crippen LogP contribution in [0.5, 0.6) is 0 Å². The van der Waals surface area contributed by atoms with E-state index in [0.717, 1.165) is 6.07 Å². The SMILES string of the molecule is CCC(CC(CN)C(=O)O)c1cccc(F)c1F. The maximum atomic E-state index is 13.6. The van der Waals surface area contributed by atoms with Crippen LogP contribution < -0.4 is 5.73 Å². The van der Waals surface area contributed by atoms with Crippen molar-refractivity contribution in [2.24, 2.45) is 11.7 Å². The van der Waals surface area contributed by atoms with Crippen molar-refractivity contribution >= 4 is 5.97 Å². The molecule has 0 saturated heterocycles. The molecule has 0 saturated carbocycles. The van der Waals surface area contributed by atoms with Crippen LogP contribution in [0.1, 0.15) is 31.2 Å². The highest BCUT2D eigenvalue weighted by atomic mass is 19.2. The van der Waals surface area contributed by atoms with Gasteiger partial charge in [-0.25, -0.2) is 8.78 Å². The standard InChI is InChI=1S/C13H17F2NO2/c1-2-8(6-9(7-16)13(17)18)10-4-3-5-11(14)12(10)15/h3-5,8-9H,2,6-7,16H2,1H3,(H,17,18). The molecule has 0 bridgehead atoms. The van der Waals surface area contributed by atoms with E-state index >= 15 is 0 Å². The fourth-order valence-corrected chi connectivity index (χ4v) is 1.99. The summed E-state index contributed by atoms with van der Waals surface area (Å²) in [5.41, 5.74) is 5.59. The van der Waals surface area contributed by atoms with Crippen molar-refractivity contribution in [3.05, 3.63) is 35.4 Å². The maximum Gasteiger partial charge on any atom is 0.307 e. The number of hydrogen-bond acceptors (Lipinski definition) is 2. The monoisotopic (exact) mass is 257 g/mol. The second-order valence-corrected chi connectivity index (χ2v) is 4.25. The lowest BCUT2D eigenvalue weighted by atomic mass is 9.86.